The standard InChI is InChI=1S/C16H24N4O2/c1-3-11(17)6-5-9-20(4-2)12-7-8-13-14(10-12)16(22)19-18-15(13)21/h7-8,10-11H,3-6,9,17H2,1-2H3,(H,18,21)(H,19,22). The average Bonchev–Trinajstić information content (AvgIpc) is 2.54. The van der Waals surface area contributed by atoms with Crippen molar-refractivity contribution in [3.63, 3.8) is 0 Å². The SMILES string of the molecule is CCC(N)CCCN(CC)c1ccc2c(=O)[nH][nH]c(=O)c2c1. The first-order chi connectivity index (χ1) is 10.6. The van der Waals surface area contributed by atoms with Crippen molar-refractivity contribution in [1.29, 1.82) is 0 Å². The van der Waals surface area contributed by atoms with Crippen molar-refractivity contribution in [1.82, 2.24) is 10.2 Å². The molecule has 0 aliphatic carbocycles. The number of aromatic amines is 2. The molecule has 0 saturated heterocycles. The van der Waals surface area contributed by atoms with Crippen molar-refractivity contribution in [2.45, 2.75) is 39.2 Å². The predicted molar refractivity (Wildman–Crippen MR) is 90.6 cm³/mol. The van der Waals surface area contributed by atoms with Crippen LogP contribution < -0.4 is 21.8 Å². The van der Waals surface area contributed by atoms with Gasteiger partial charge >= 0.3 is 0 Å². The first kappa shape index (κ1) is 16.3. The maximum atomic E-state index is 11.9. The lowest BCUT2D eigenvalue weighted by atomic mass is 10.1. The van der Waals surface area contributed by atoms with Crippen molar-refractivity contribution >= 4 is 16.5 Å². The quantitative estimate of drug-likeness (QED) is 0.723. The highest BCUT2D eigenvalue weighted by atomic mass is 16.1. The lowest BCUT2D eigenvalue weighted by Crippen LogP contribution is -2.27. The van der Waals surface area contributed by atoms with Gasteiger partial charge in [-0.1, -0.05) is 6.92 Å². The topological polar surface area (TPSA) is 95.0 Å². The van der Waals surface area contributed by atoms with Crippen LogP contribution in [0.25, 0.3) is 10.8 Å². The van der Waals surface area contributed by atoms with Gasteiger partial charge in [-0.3, -0.25) is 19.8 Å². The van der Waals surface area contributed by atoms with Gasteiger partial charge in [-0.15, -0.1) is 0 Å². The third-order valence-corrected chi connectivity index (χ3v) is 4.06. The van der Waals surface area contributed by atoms with Crippen LogP contribution in [0.3, 0.4) is 0 Å². The molecule has 6 nitrogen and oxygen atoms in total. The van der Waals surface area contributed by atoms with Crippen LogP contribution in [0.2, 0.25) is 0 Å². The molecule has 6 heteroatoms. The van der Waals surface area contributed by atoms with E-state index in [1.807, 2.05) is 6.07 Å². The van der Waals surface area contributed by atoms with Gasteiger partial charge in [-0.2, -0.15) is 0 Å². The van der Waals surface area contributed by atoms with Gasteiger partial charge in [-0.05, 0) is 44.4 Å². The van der Waals surface area contributed by atoms with E-state index in [1.54, 1.807) is 12.1 Å². The van der Waals surface area contributed by atoms with E-state index in [9.17, 15) is 9.59 Å². The smallest absolute Gasteiger partial charge is 0.270 e. The Morgan fingerprint density at radius 1 is 1.14 bits per heavy atom. The summed E-state index contributed by atoms with van der Waals surface area (Å²) < 4.78 is 0. The third kappa shape index (κ3) is 3.57. The van der Waals surface area contributed by atoms with Gasteiger partial charge in [0.25, 0.3) is 11.1 Å². The molecule has 0 saturated carbocycles. The summed E-state index contributed by atoms with van der Waals surface area (Å²) in [4.78, 5) is 25.8. The second-order valence-corrected chi connectivity index (χ2v) is 5.53. The van der Waals surface area contributed by atoms with E-state index in [2.05, 4.69) is 28.9 Å². The number of hydrogen-bond donors (Lipinski definition) is 3. The zero-order chi connectivity index (χ0) is 16.1. The second-order valence-electron chi connectivity index (χ2n) is 5.53. The van der Waals surface area contributed by atoms with Crippen LogP contribution in [0.15, 0.2) is 27.8 Å². The fourth-order valence-corrected chi connectivity index (χ4v) is 2.58. The Balaban J connectivity index is 2.23. The normalized spacial score (nSPS) is 12.5. The van der Waals surface area contributed by atoms with Gasteiger partial charge in [0.05, 0.1) is 10.8 Å². The summed E-state index contributed by atoms with van der Waals surface area (Å²) in [7, 11) is 0. The van der Waals surface area contributed by atoms with Crippen molar-refractivity contribution < 1.29 is 0 Å². The summed E-state index contributed by atoms with van der Waals surface area (Å²) in [5, 5.41) is 5.54. The molecule has 0 radical (unpaired) electrons. The minimum absolute atomic E-state index is 0.247. The molecule has 1 aromatic heterocycles. The Hall–Kier alpha value is -2.08. The summed E-state index contributed by atoms with van der Waals surface area (Å²) in [6, 6.07) is 5.63. The molecule has 0 amide bonds. The van der Waals surface area contributed by atoms with Crippen LogP contribution in [0.4, 0.5) is 5.69 Å². The van der Waals surface area contributed by atoms with Gasteiger partial charge in [0, 0.05) is 24.8 Å². The van der Waals surface area contributed by atoms with Crippen LogP contribution in [0, 0.1) is 0 Å². The van der Waals surface area contributed by atoms with Crippen molar-refractivity contribution in [3.05, 3.63) is 38.9 Å². The first-order valence-corrected chi connectivity index (χ1v) is 7.82. The molecule has 0 spiro atoms. The van der Waals surface area contributed by atoms with Crippen LogP contribution in [0.1, 0.15) is 33.1 Å². The highest BCUT2D eigenvalue weighted by molar-refractivity contribution is 5.84. The van der Waals surface area contributed by atoms with Gasteiger partial charge in [-0.25, -0.2) is 0 Å². The molecule has 2 aromatic rings. The molecule has 1 aromatic carbocycles. The minimum Gasteiger partial charge on any atom is -0.372 e. The molecule has 120 valence electrons. The molecule has 0 aliphatic rings. The molecule has 0 aliphatic heterocycles. The van der Waals surface area contributed by atoms with E-state index in [-0.39, 0.29) is 17.2 Å². The number of nitrogens with zero attached hydrogens (tertiary/aromatic N) is 1. The number of aromatic nitrogens is 2. The van der Waals surface area contributed by atoms with Crippen molar-refractivity contribution in [3.8, 4) is 0 Å². The van der Waals surface area contributed by atoms with Gasteiger partial charge in [0.15, 0.2) is 0 Å². The monoisotopic (exact) mass is 304 g/mol. The maximum Gasteiger partial charge on any atom is 0.270 e. The van der Waals surface area contributed by atoms with Gasteiger partial charge in [0.1, 0.15) is 0 Å². The van der Waals surface area contributed by atoms with Crippen LogP contribution in [-0.2, 0) is 0 Å². The van der Waals surface area contributed by atoms with E-state index < -0.39 is 0 Å². The summed E-state index contributed by atoms with van der Waals surface area (Å²) in [6.45, 7) is 5.89. The Morgan fingerprint density at radius 2 is 1.82 bits per heavy atom. The second kappa shape index (κ2) is 7.26. The number of nitrogens with one attached hydrogen (secondary N) is 2. The number of hydrogen-bond acceptors (Lipinski definition) is 4. The van der Waals surface area contributed by atoms with Crippen molar-refractivity contribution in [2.24, 2.45) is 5.73 Å². The summed E-state index contributed by atoms with van der Waals surface area (Å²) in [5.74, 6) is 0. The number of nitrogens with two attached hydrogens (primary N) is 1. The number of rotatable bonds is 7. The van der Waals surface area contributed by atoms with Crippen LogP contribution in [0.5, 0.6) is 0 Å². The Kier molecular flexibility index (Phi) is 5.38. The van der Waals surface area contributed by atoms with E-state index in [4.69, 9.17) is 5.73 Å². The molecule has 4 N–H and O–H groups in total. The Morgan fingerprint density at radius 3 is 2.45 bits per heavy atom. The zero-order valence-corrected chi connectivity index (χ0v) is 13.2. The third-order valence-electron chi connectivity index (χ3n) is 4.06. The van der Waals surface area contributed by atoms with Gasteiger partial charge < -0.3 is 10.6 Å². The number of benzene rings is 1. The highest BCUT2D eigenvalue weighted by Crippen LogP contribution is 2.18. The lowest BCUT2D eigenvalue weighted by molar-refractivity contribution is 0.563. The molecule has 0 fully saturated rings. The summed E-state index contributed by atoms with van der Waals surface area (Å²) in [6.07, 6.45) is 2.98. The molecule has 1 heterocycles. The van der Waals surface area contributed by atoms with Crippen molar-refractivity contribution in [2.75, 3.05) is 18.0 Å². The molecule has 22 heavy (non-hydrogen) atoms. The lowest BCUT2D eigenvalue weighted by Gasteiger charge is -2.24. The van der Waals surface area contributed by atoms with Crippen LogP contribution in [-0.4, -0.2) is 29.3 Å². The first-order valence-electron chi connectivity index (χ1n) is 7.82. The molecule has 1 unspecified atom stereocenters. The number of H-pyrrole nitrogens is 2. The molecular weight excluding hydrogens is 280 g/mol. The van der Waals surface area contributed by atoms with Crippen LogP contribution >= 0.6 is 0 Å². The Labute approximate surface area is 129 Å². The minimum atomic E-state index is -0.280. The Bertz CT molecular complexity index is 735. The summed E-state index contributed by atoms with van der Waals surface area (Å²) in [5.41, 5.74) is 6.35. The molecular formula is C16H24N4O2. The molecule has 0 bridgehead atoms. The fraction of sp³-hybridized carbons (Fsp3) is 0.500. The van der Waals surface area contributed by atoms with E-state index in [0.717, 1.165) is 38.0 Å². The maximum absolute atomic E-state index is 11.9. The zero-order valence-electron chi connectivity index (χ0n) is 13.2. The van der Waals surface area contributed by atoms with Gasteiger partial charge in [0.2, 0.25) is 0 Å². The number of anilines is 1. The fourth-order valence-electron chi connectivity index (χ4n) is 2.58. The molecule has 1 atom stereocenters. The van der Waals surface area contributed by atoms with E-state index in [1.165, 1.54) is 0 Å². The molecule has 2 rings (SSSR count). The predicted octanol–water partition coefficient (Wildman–Crippen LogP) is 1.56. The average molecular weight is 304 g/mol. The van der Waals surface area contributed by atoms with E-state index >= 15 is 0 Å². The highest BCUT2D eigenvalue weighted by Gasteiger charge is 2.09. The largest absolute Gasteiger partial charge is 0.372 e. The summed E-state index contributed by atoms with van der Waals surface area (Å²) >= 11 is 0. The van der Waals surface area contributed by atoms with E-state index in [0.29, 0.717) is 10.8 Å². The number of fused-ring (bicyclic) bond motifs is 1.